The van der Waals surface area contributed by atoms with Gasteiger partial charge >= 0.3 is 0 Å². The lowest BCUT2D eigenvalue weighted by Crippen LogP contribution is -2.66. The van der Waals surface area contributed by atoms with Gasteiger partial charge in [-0.1, -0.05) is 93.4 Å². The smallest absolute Gasteiger partial charge is 0.246 e. The van der Waals surface area contributed by atoms with Crippen LogP contribution in [-0.4, -0.2) is 165 Å². The van der Waals surface area contributed by atoms with Gasteiger partial charge in [0.2, 0.25) is 53.2 Å². The molecular formula is C57H105N11O12. The van der Waals surface area contributed by atoms with E-state index >= 15 is 0 Å². The number of likely N-dealkylation sites (tertiary alicyclic amines) is 1. The molecule has 1 heterocycles. The third-order valence-corrected chi connectivity index (χ3v) is 14.7. The lowest BCUT2D eigenvalue weighted by molar-refractivity contribution is -0.141. The molecule has 460 valence electrons. The monoisotopic (exact) mass is 1140 g/mol. The number of unbranched alkanes of at least 4 members (excludes halogenated alkanes) is 5. The Hall–Kier alpha value is -5.26. The van der Waals surface area contributed by atoms with Gasteiger partial charge in [-0.2, -0.15) is 0 Å². The van der Waals surface area contributed by atoms with E-state index in [0.29, 0.717) is 45.3 Å². The molecule has 10 atom stereocenters. The molecule has 0 radical (unpaired) electrons. The van der Waals surface area contributed by atoms with Crippen molar-refractivity contribution in [1.82, 2.24) is 52.8 Å². The van der Waals surface area contributed by atoms with Crippen LogP contribution in [0.4, 0.5) is 0 Å². The van der Waals surface area contributed by atoms with E-state index in [2.05, 4.69) is 54.8 Å². The molecule has 13 N–H and O–H groups in total. The van der Waals surface area contributed by atoms with E-state index in [1.807, 2.05) is 6.92 Å². The van der Waals surface area contributed by atoms with Crippen molar-refractivity contribution < 1.29 is 58.2 Å². The molecule has 0 aromatic carbocycles. The number of rotatable bonds is 38. The number of amides is 9. The number of ketones is 1. The van der Waals surface area contributed by atoms with Crippen molar-refractivity contribution in [3.63, 3.8) is 0 Å². The van der Waals surface area contributed by atoms with Crippen molar-refractivity contribution in [2.24, 2.45) is 23.5 Å². The SMILES string of the molecule is CCCCCCCC[C@H](N)C(=O)N1CCC[C@H]1C(=O)N[C@@H](CC(C)CC(O)CC(=O)CC)C(=O)N[C@@H](C)C(=O)NC(C)(C)C(=O)N[C@H](C(=O)N[C@H](C(=O)NC(C)(C)C(=O)NC(C)(C)C(=O)NC(C)CNCCO)[C@@H](C)CC)C(C)C. The molecule has 0 aromatic heterocycles. The summed E-state index contributed by atoms with van der Waals surface area (Å²) in [6.07, 6.45) is 7.30. The summed E-state index contributed by atoms with van der Waals surface area (Å²) in [4.78, 5) is 138. The number of hydrogen-bond donors (Lipinski definition) is 12. The van der Waals surface area contributed by atoms with Crippen LogP contribution in [0.1, 0.15) is 194 Å². The Morgan fingerprint density at radius 2 is 1.23 bits per heavy atom. The quantitative estimate of drug-likeness (QED) is 0.0391. The lowest BCUT2D eigenvalue weighted by Gasteiger charge is -2.35. The Kier molecular flexibility index (Phi) is 31.7. The highest BCUT2D eigenvalue weighted by Crippen LogP contribution is 2.22. The number of nitrogens with one attached hydrogen (secondary N) is 9. The molecule has 9 amide bonds. The number of aliphatic hydroxyl groups is 2. The van der Waals surface area contributed by atoms with E-state index in [-0.39, 0.29) is 50.0 Å². The van der Waals surface area contributed by atoms with Crippen molar-refractivity contribution in [3.05, 3.63) is 0 Å². The molecule has 0 saturated carbocycles. The summed E-state index contributed by atoms with van der Waals surface area (Å²) < 4.78 is 0. The molecule has 1 rings (SSSR count). The normalized spacial score (nSPS) is 17.3. The summed E-state index contributed by atoms with van der Waals surface area (Å²) in [6, 6.07) is -6.92. The molecule has 1 aliphatic rings. The second-order valence-electron chi connectivity index (χ2n) is 24.1. The zero-order chi connectivity index (χ0) is 61.3. The number of hydrogen-bond acceptors (Lipinski definition) is 14. The van der Waals surface area contributed by atoms with Gasteiger partial charge in [-0.05, 0) is 105 Å². The molecule has 1 aliphatic heterocycles. The molecule has 23 heteroatoms. The topological polar surface area (TPSA) is 349 Å². The van der Waals surface area contributed by atoms with Gasteiger partial charge in [0.05, 0.1) is 18.8 Å². The molecule has 0 spiro atoms. The Labute approximate surface area is 476 Å². The lowest BCUT2D eigenvalue weighted by atomic mass is 9.92. The van der Waals surface area contributed by atoms with Crippen LogP contribution in [0.2, 0.25) is 0 Å². The second-order valence-corrected chi connectivity index (χ2v) is 24.1. The van der Waals surface area contributed by atoms with Gasteiger partial charge in [0, 0.05) is 38.5 Å². The van der Waals surface area contributed by atoms with E-state index in [4.69, 9.17) is 10.8 Å². The molecule has 1 saturated heterocycles. The standard InChI is InChI=1S/C57H105N11O12/c1-16-19-20-21-22-23-25-41(58)51(77)68-28-24-26-43(68)48(74)62-42(31-35(6)30-40(71)32-39(70)18-3)47(73)61-38(9)46(72)65-55(10,11)53(79)64-44(34(4)5)49(75)63-45(36(7)17-2)50(76)66-57(14,15)54(80)67-56(12,13)52(78)60-37(8)33-59-27-29-69/h34-38,40-45,59,69,71H,16-33,58H2,1-15H3,(H,60,78)(H,61,73)(H,62,74)(H,63,75)(H,64,79)(H,65,72)(H,66,76)(H,67,80)/t35?,36-,37?,38-,40?,41-,42-,43-,44-,45-/m0/s1. The minimum Gasteiger partial charge on any atom is -0.395 e. The fraction of sp³-hybridized carbons (Fsp3) is 0.825. The van der Waals surface area contributed by atoms with Gasteiger partial charge in [0.1, 0.15) is 52.6 Å². The molecule has 1 fully saturated rings. The number of nitrogens with zero attached hydrogens (tertiary/aromatic N) is 1. The Morgan fingerprint density at radius 3 is 1.81 bits per heavy atom. The number of nitrogens with two attached hydrogens (primary N) is 1. The highest BCUT2D eigenvalue weighted by Gasteiger charge is 2.42. The average Bonchev–Trinajstić information content (AvgIpc) is 3.87. The second kappa shape index (κ2) is 34.9. The van der Waals surface area contributed by atoms with Gasteiger partial charge in [-0.15, -0.1) is 0 Å². The van der Waals surface area contributed by atoms with Gasteiger partial charge in [-0.25, -0.2) is 0 Å². The van der Waals surface area contributed by atoms with E-state index in [1.54, 1.807) is 41.5 Å². The summed E-state index contributed by atoms with van der Waals surface area (Å²) in [5.41, 5.74) is 1.70. The first-order valence-corrected chi connectivity index (χ1v) is 29.3. The fourth-order valence-corrected chi connectivity index (χ4v) is 9.18. The van der Waals surface area contributed by atoms with Crippen LogP contribution in [-0.2, 0) is 47.9 Å². The highest BCUT2D eigenvalue weighted by molar-refractivity contribution is 6.00. The zero-order valence-electron chi connectivity index (χ0n) is 51.1. The van der Waals surface area contributed by atoms with Crippen LogP contribution in [0.25, 0.3) is 0 Å². The van der Waals surface area contributed by atoms with Gasteiger partial charge in [0.15, 0.2) is 0 Å². The molecule has 0 bridgehead atoms. The summed E-state index contributed by atoms with van der Waals surface area (Å²) in [5, 5.41) is 44.5. The Balaban J connectivity index is 3.22. The molecule has 23 nitrogen and oxygen atoms in total. The number of aliphatic hydroxyl groups excluding tert-OH is 2. The number of carbonyl (C=O) groups excluding carboxylic acids is 10. The highest BCUT2D eigenvalue weighted by atomic mass is 16.3. The molecule has 80 heavy (non-hydrogen) atoms. The van der Waals surface area contributed by atoms with Crippen molar-refractivity contribution in [2.45, 2.75) is 259 Å². The van der Waals surface area contributed by atoms with Crippen molar-refractivity contribution in [2.75, 3.05) is 26.2 Å². The van der Waals surface area contributed by atoms with Crippen LogP contribution in [0, 0.1) is 17.8 Å². The van der Waals surface area contributed by atoms with Crippen LogP contribution < -0.4 is 53.6 Å². The maximum Gasteiger partial charge on any atom is 0.246 e. The maximum atomic E-state index is 14.1. The van der Waals surface area contributed by atoms with Crippen molar-refractivity contribution in [1.29, 1.82) is 0 Å². The molecule has 0 aromatic rings. The Morgan fingerprint density at radius 1 is 0.650 bits per heavy atom. The van der Waals surface area contributed by atoms with E-state index in [9.17, 15) is 53.1 Å². The largest absolute Gasteiger partial charge is 0.395 e. The summed E-state index contributed by atoms with van der Waals surface area (Å²) in [5.74, 6) is -7.30. The minimum atomic E-state index is -1.68. The van der Waals surface area contributed by atoms with Gasteiger partial charge < -0.3 is 68.7 Å². The number of Topliss-reactive ketones (excluding diaryl/α,β-unsaturated/α-hetero) is 1. The van der Waals surface area contributed by atoms with Crippen molar-refractivity contribution in [3.8, 4) is 0 Å². The van der Waals surface area contributed by atoms with E-state index in [1.165, 1.54) is 53.4 Å². The van der Waals surface area contributed by atoms with Crippen LogP contribution in [0.5, 0.6) is 0 Å². The first-order chi connectivity index (χ1) is 37.2. The van der Waals surface area contributed by atoms with Gasteiger partial charge in [-0.3, -0.25) is 47.9 Å². The summed E-state index contributed by atoms with van der Waals surface area (Å²) in [7, 11) is 0. The molecule has 0 aliphatic carbocycles. The minimum absolute atomic E-state index is 0.00513. The maximum absolute atomic E-state index is 14.1. The third kappa shape index (κ3) is 24.8. The number of carbonyl (C=O) groups is 10. The zero-order valence-corrected chi connectivity index (χ0v) is 51.1. The van der Waals surface area contributed by atoms with Crippen molar-refractivity contribution >= 4 is 58.9 Å². The molecular weight excluding hydrogens is 1030 g/mol. The first-order valence-electron chi connectivity index (χ1n) is 29.3. The Bertz CT molecular complexity index is 2050. The van der Waals surface area contributed by atoms with Gasteiger partial charge in [0.25, 0.3) is 0 Å². The predicted octanol–water partition coefficient (Wildman–Crippen LogP) is 1.63. The molecule has 3 unspecified atom stereocenters. The third-order valence-electron chi connectivity index (χ3n) is 14.7. The predicted molar refractivity (Wildman–Crippen MR) is 307 cm³/mol. The summed E-state index contributed by atoms with van der Waals surface area (Å²) >= 11 is 0. The van der Waals surface area contributed by atoms with Crippen LogP contribution >= 0.6 is 0 Å². The van der Waals surface area contributed by atoms with E-state index in [0.717, 1.165) is 38.5 Å². The average molecular weight is 1140 g/mol. The van der Waals surface area contributed by atoms with E-state index < -0.39 is 124 Å². The van der Waals surface area contributed by atoms with Crippen LogP contribution in [0.15, 0.2) is 0 Å². The first kappa shape index (κ1) is 72.8. The van der Waals surface area contributed by atoms with Crippen LogP contribution in [0.3, 0.4) is 0 Å². The summed E-state index contributed by atoms with van der Waals surface area (Å²) in [6.45, 7) is 25.4. The fourth-order valence-electron chi connectivity index (χ4n) is 9.18.